The van der Waals surface area contributed by atoms with Crippen molar-refractivity contribution in [2.75, 3.05) is 11.9 Å². The molecule has 2 heterocycles. The molecule has 7 aromatic carbocycles. The topological polar surface area (TPSA) is 59.6 Å². The molecule has 54 heavy (non-hydrogen) atoms. The summed E-state index contributed by atoms with van der Waals surface area (Å²) >= 11 is 0. The molecule has 4 heteroatoms. The summed E-state index contributed by atoms with van der Waals surface area (Å²) in [6.07, 6.45) is 6.34. The van der Waals surface area contributed by atoms with Gasteiger partial charge < -0.3 is 15.8 Å². The van der Waals surface area contributed by atoms with Gasteiger partial charge in [0.15, 0.2) is 0 Å². The number of nitrogens with zero attached hydrogens (tertiary/aromatic N) is 1. The number of hydrogen-bond donors (Lipinski definition) is 2. The number of hydrogen-bond acceptors (Lipinski definition) is 4. The number of allylic oxidation sites excluding steroid dienone is 2. The average Bonchev–Trinajstić information content (AvgIpc) is 3.56. The molecule has 1 aliphatic carbocycles. The monoisotopic (exact) mass is 695 g/mol. The molecule has 3 aliphatic rings. The highest BCUT2D eigenvalue weighted by Gasteiger charge is 2.49. The summed E-state index contributed by atoms with van der Waals surface area (Å²) in [4.78, 5) is 5.28. The van der Waals surface area contributed by atoms with E-state index in [0.717, 1.165) is 73.0 Å². The number of aliphatic imine (C=N–C) groups is 1. The predicted molar refractivity (Wildman–Crippen MR) is 221 cm³/mol. The van der Waals surface area contributed by atoms with E-state index in [0.29, 0.717) is 6.54 Å². The van der Waals surface area contributed by atoms with Crippen molar-refractivity contribution in [3.05, 3.63) is 227 Å². The van der Waals surface area contributed by atoms with Gasteiger partial charge in [0.2, 0.25) is 0 Å². The molecule has 258 valence electrons. The lowest BCUT2D eigenvalue weighted by Crippen LogP contribution is -2.32. The number of nitrogens with two attached hydrogens (primary N) is 1. The van der Waals surface area contributed by atoms with Crippen LogP contribution in [0.15, 0.2) is 193 Å². The normalized spacial score (nSPS) is 16.0. The maximum atomic E-state index is 6.52. The first-order valence-corrected chi connectivity index (χ1v) is 18.5. The van der Waals surface area contributed by atoms with Crippen molar-refractivity contribution in [3.8, 4) is 33.8 Å². The maximum Gasteiger partial charge on any atom is 0.145 e. The van der Waals surface area contributed by atoms with Gasteiger partial charge in [-0.15, -0.1) is 0 Å². The van der Waals surface area contributed by atoms with Crippen LogP contribution >= 0.6 is 0 Å². The lowest BCUT2D eigenvalue weighted by atomic mass is 9.65. The Morgan fingerprint density at radius 1 is 0.593 bits per heavy atom. The van der Waals surface area contributed by atoms with Crippen LogP contribution in [-0.4, -0.2) is 12.3 Å². The first-order valence-electron chi connectivity index (χ1n) is 18.5. The second-order valence-electron chi connectivity index (χ2n) is 14.0. The van der Waals surface area contributed by atoms with Gasteiger partial charge in [-0.25, -0.2) is 0 Å². The zero-order valence-corrected chi connectivity index (χ0v) is 29.6. The Hall–Kier alpha value is -6.75. The summed E-state index contributed by atoms with van der Waals surface area (Å²) in [7, 11) is 0. The number of ether oxygens (including phenoxy) is 1. The molecule has 0 saturated heterocycles. The average molecular weight is 696 g/mol. The Bertz CT molecular complexity index is 2620. The minimum Gasteiger partial charge on any atom is -0.457 e. The third-order valence-electron chi connectivity index (χ3n) is 10.9. The smallest absolute Gasteiger partial charge is 0.145 e. The Balaban J connectivity index is 1.05. The van der Waals surface area contributed by atoms with Crippen LogP contribution in [0.4, 0.5) is 5.69 Å². The maximum absolute atomic E-state index is 6.52. The summed E-state index contributed by atoms with van der Waals surface area (Å²) < 4.78 is 6.52. The highest BCUT2D eigenvalue weighted by Crippen LogP contribution is 2.59. The number of rotatable bonds is 6. The van der Waals surface area contributed by atoms with Crippen LogP contribution in [-0.2, 0) is 5.41 Å². The van der Waals surface area contributed by atoms with E-state index in [-0.39, 0.29) is 6.17 Å². The Labute approximate surface area is 315 Å². The predicted octanol–water partition coefficient (Wildman–Crippen LogP) is 11.3. The van der Waals surface area contributed by atoms with Crippen molar-refractivity contribution in [2.45, 2.75) is 11.6 Å². The summed E-state index contributed by atoms with van der Waals surface area (Å²) in [6, 6.07) is 60.3. The van der Waals surface area contributed by atoms with E-state index >= 15 is 0 Å². The molecule has 3 N–H and O–H groups in total. The van der Waals surface area contributed by atoms with E-state index in [4.69, 9.17) is 15.5 Å². The fraction of sp³-hybridized carbons (Fsp3) is 0.0600. The van der Waals surface area contributed by atoms with E-state index in [1.165, 1.54) is 16.7 Å². The Kier molecular flexibility index (Phi) is 7.71. The fourth-order valence-electron chi connectivity index (χ4n) is 8.53. The van der Waals surface area contributed by atoms with Crippen molar-refractivity contribution >= 4 is 17.5 Å². The molecule has 1 atom stereocenters. The molecule has 0 saturated carbocycles. The van der Waals surface area contributed by atoms with Gasteiger partial charge in [-0.1, -0.05) is 146 Å². The molecule has 0 bridgehead atoms. The molecule has 0 aromatic heterocycles. The van der Waals surface area contributed by atoms with Crippen molar-refractivity contribution in [3.63, 3.8) is 0 Å². The molecular formula is C50H37N3O. The van der Waals surface area contributed by atoms with Gasteiger partial charge in [0.25, 0.3) is 0 Å². The van der Waals surface area contributed by atoms with E-state index in [2.05, 4.69) is 169 Å². The van der Waals surface area contributed by atoms with Gasteiger partial charge >= 0.3 is 0 Å². The van der Waals surface area contributed by atoms with Crippen molar-refractivity contribution in [1.82, 2.24) is 0 Å². The summed E-state index contributed by atoms with van der Waals surface area (Å²) in [6.45, 7) is 0.466. The van der Waals surface area contributed by atoms with Gasteiger partial charge in [-0.05, 0) is 87.0 Å². The molecule has 1 spiro atoms. The first kappa shape index (κ1) is 31.9. The van der Waals surface area contributed by atoms with Crippen LogP contribution in [0.3, 0.4) is 0 Å². The zero-order chi connectivity index (χ0) is 36.1. The Morgan fingerprint density at radius 3 is 1.98 bits per heavy atom. The molecule has 2 aliphatic heterocycles. The summed E-state index contributed by atoms with van der Waals surface area (Å²) in [5.41, 5.74) is 21.4. The molecule has 0 fully saturated rings. The van der Waals surface area contributed by atoms with E-state index in [9.17, 15) is 0 Å². The van der Waals surface area contributed by atoms with Gasteiger partial charge in [0.05, 0.1) is 11.1 Å². The molecule has 10 rings (SSSR count). The molecule has 0 radical (unpaired) electrons. The lowest BCUT2D eigenvalue weighted by Gasteiger charge is -2.40. The van der Waals surface area contributed by atoms with E-state index in [1.54, 1.807) is 0 Å². The first-order chi connectivity index (χ1) is 26.7. The van der Waals surface area contributed by atoms with Crippen LogP contribution in [0.5, 0.6) is 11.5 Å². The second kappa shape index (κ2) is 13.0. The van der Waals surface area contributed by atoms with Gasteiger partial charge in [0.1, 0.15) is 17.7 Å². The highest BCUT2D eigenvalue weighted by molar-refractivity contribution is 6.17. The van der Waals surface area contributed by atoms with Gasteiger partial charge in [-0.2, -0.15) is 0 Å². The molecule has 1 unspecified atom stereocenters. The molecule has 4 nitrogen and oxygen atoms in total. The van der Waals surface area contributed by atoms with Crippen LogP contribution in [0.1, 0.15) is 45.1 Å². The van der Waals surface area contributed by atoms with Crippen LogP contribution in [0.25, 0.3) is 28.3 Å². The lowest BCUT2D eigenvalue weighted by molar-refractivity contribution is 0.436. The largest absolute Gasteiger partial charge is 0.457 e. The van der Waals surface area contributed by atoms with Gasteiger partial charge in [-0.3, -0.25) is 4.99 Å². The molecule has 0 amide bonds. The third kappa shape index (κ3) is 5.14. The SMILES string of the molecule is NC/C=C\C1=Cc2ccc(-c3cccc(-c4cccc(C5N=C(c6ccccc6)c6ccccc6N5)c4)c3)cc2C12c1ccccc1Oc1ccccc12. The quantitative estimate of drug-likeness (QED) is 0.182. The number of nitrogens with one attached hydrogen (secondary N) is 1. The standard InChI is InChI=1S/C50H37N3O/c51-28-12-19-40-31-38-27-26-37(32-44(38)50(40)42-21-5-8-24-46(42)54-47-25-9-6-22-43(47)50)35-16-10-15-34(29-35)36-17-11-18-39(30-36)49-52-45-23-7-4-20-41(45)48(53-49)33-13-2-1-3-14-33/h1-27,29-32,49,52H,28,51H2/b19-12-. The second-order valence-corrected chi connectivity index (χ2v) is 14.0. The fourth-order valence-corrected chi connectivity index (χ4v) is 8.53. The van der Waals surface area contributed by atoms with Crippen molar-refractivity contribution in [1.29, 1.82) is 0 Å². The number of para-hydroxylation sites is 3. The van der Waals surface area contributed by atoms with E-state index in [1.807, 2.05) is 24.3 Å². The number of benzene rings is 7. The highest BCUT2D eigenvalue weighted by atomic mass is 16.5. The molecule has 7 aromatic rings. The van der Waals surface area contributed by atoms with Gasteiger partial charge in [0, 0.05) is 34.5 Å². The zero-order valence-electron chi connectivity index (χ0n) is 29.6. The molecular weight excluding hydrogens is 659 g/mol. The van der Waals surface area contributed by atoms with Crippen molar-refractivity contribution in [2.24, 2.45) is 10.7 Å². The number of anilines is 1. The van der Waals surface area contributed by atoms with Crippen LogP contribution in [0, 0.1) is 0 Å². The summed E-state index contributed by atoms with van der Waals surface area (Å²) in [5.74, 6) is 1.75. The minimum atomic E-state index is -0.543. The third-order valence-corrected chi connectivity index (χ3v) is 10.9. The van der Waals surface area contributed by atoms with E-state index < -0.39 is 5.41 Å². The van der Waals surface area contributed by atoms with Crippen LogP contribution < -0.4 is 15.8 Å². The summed E-state index contributed by atoms with van der Waals surface area (Å²) in [5, 5.41) is 3.70. The van der Waals surface area contributed by atoms with Crippen molar-refractivity contribution < 1.29 is 4.74 Å². The van der Waals surface area contributed by atoms with Crippen LogP contribution in [0.2, 0.25) is 0 Å². The Morgan fingerprint density at radius 2 is 1.22 bits per heavy atom. The minimum absolute atomic E-state index is 0.216. The number of fused-ring (bicyclic) bond motifs is 7.